The van der Waals surface area contributed by atoms with Crippen molar-refractivity contribution < 1.29 is 9.15 Å². The molecule has 2 heterocycles. The Bertz CT molecular complexity index is 342. The monoisotopic (exact) mass is 288 g/mol. The molecule has 0 amide bonds. The standard InChI is InChI=1S/C11H17BrN2O2/c1-8-7-14(4-5-15-8)9(6-13)10-2-3-11(12)16-10/h2-3,8-9H,4-7,13H2,1H3. The van der Waals surface area contributed by atoms with Crippen molar-refractivity contribution in [2.75, 3.05) is 26.2 Å². The number of morpholine rings is 1. The van der Waals surface area contributed by atoms with Gasteiger partial charge in [-0.1, -0.05) is 0 Å². The Labute approximate surface area is 104 Å². The van der Waals surface area contributed by atoms with E-state index in [4.69, 9.17) is 14.9 Å². The summed E-state index contributed by atoms with van der Waals surface area (Å²) >= 11 is 3.31. The van der Waals surface area contributed by atoms with Gasteiger partial charge >= 0.3 is 0 Å². The lowest BCUT2D eigenvalue weighted by atomic mass is 10.1. The van der Waals surface area contributed by atoms with Crippen molar-refractivity contribution in [2.24, 2.45) is 5.73 Å². The van der Waals surface area contributed by atoms with Gasteiger partial charge in [0.2, 0.25) is 0 Å². The third kappa shape index (κ3) is 2.66. The third-order valence-electron chi connectivity index (χ3n) is 2.86. The Balaban J connectivity index is 2.09. The molecular formula is C11H17BrN2O2. The number of rotatable bonds is 3. The second kappa shape index (κ2) is 5.31. The van der Waals surface area contributed by atoms with E-state index in [0.717, 1.165) is 30.1 Å². The molecule has 16 heavy (non-hydrogen) atoms. The van der Waals surface area contributed by atoms with E-state index in [2.05, 4.69) is 27.8 Å². The summed E-state index contributed by atoms with van der Waals surface area (Å²) in [4.78, 5) is 2.32. The molecule has 5 heteroatoms. The minimum atomic E-state index is 0.151. The van der Waals surface area contributed by atoms with E-state index in [9.17, 15) is 0 Å². The molecule has 90 valence electrons. The molecule has 0 bridgehead atoms. The first-order valence-electron chi connectivity index (χ1n) is 5.51. The summed E-state index contributed by atoms with van der Waals surface area (Å²) in [5, 5.41) is 0. The fourth-order valence-corrected chi connectivity index (χ4v) is 2.40. The molecule has 1 fully saturated rings. The average molecular weight is 289 g/mol. The second-order valence-corrected chi connectivity index (χ2v) is 4.85. The first-order valence-corrected chi connectivity index (χ1v) is 6.31. The van der Waals surface area contributed by atoms with Gasteiger partial charge in [0, 0.05) is 19.6 Å². The van der Waals surface area contributed by atoms with Crippen LogP contribution in [-0.4, -0.2) is 37.2 Å². The topological polar surface area (TPSA) is 51.6 Å². The maximum atomic E-state index is 5.83. The fourth-order valence-electron chi connectivity index (χ4n) is 2.08. The summed E-state index contributed by atoms with van der Waals surface area (Å²) in [6.07, 6.45) is 0.265. The lowest BCUT2D eigenvalue weighted by Crippen LogP contribution is -2.45. The molecule has 1 aliphatic rings. The average Bonchev–Trinajstić information content (AvgIpc) is 2.66. The van der Waals surface area contributed by atoms with Crippen molar-refractivity contribution in [1.29, 1.82) is 0 Å². The Kier molecular flexibility index (Phi) is 4.02. The van der Waals surface area contributed by atoms with Gasteiger partial charge in [0.25, 0.3) is 0 Å². The van der Waals surface area contributed by atoms with E-state index in [-0.39, 0.29) is 12.1 Å². The number of hydrogen-bond donors (Lipinski definition) is 1. The van der Waals surface area contributed by atoms with Gasteiger partial charge in [0.1, 0.15) is 5.76 Å². The van der Waals surface area contributed by atoms with Gasteiger partial charge in [-0.05, 0) is 35.0 Å². The normalized spacial score (nSPS) is 24.6. The summed E-state index contributed by atoms with van der Waals surface area (Å²) in [6, 6.07) is 4.03. The van der Waals surface area contributed by atoms with Crippen LogP contribution in [0.25, 0.3) is 0 Å². The minimum absolute atomic E-state index is 0.151. The van der Waals surface area contributed by atoms with Crippen LogP contribution in [0.5, 0.6) is 0 Å². The third-order valence-corrected chi connectivity index (χ3v) is 3.29. The molecule has 0 saturated carbocycles. The van der Waals surface area contributed by atoms with Gasteiger partial charge in [-0.15, -0.1) is 0 Å². The molecule has 0 spiro atoms. The van der Waals surface area contributed by atoms with Crippen LogP contribution >= 0.6 is 15.9 Å². The largest absolute Gasteiger partial charge is 0.453 e. The maximum Gasteiger partial charge on any atom is 0.169 e. The minimum Gasteiger partial charge on any atom is -0.453 e. The Morgan fingerprint density at radius 2 is 2.44 bits per heavy atom. The van der Waals surface area contributed by atoms with Crippen LogP contribution in [-0.2, 0) is 4.74 Å². The van der Waals surface area contributed by atoms with E-state index in [1.54, 1.807) is 0 Å². The zero-order valence-electron chi connectivity index (χ0n) is 9.36. The summed E-state index contributed by atoms with van der Waals surface area (Å²) in [7, 11) is 0. The number of ether oxygens (including phenoxy) is 1. The van der Waals surface area contributed by atoms with Crippen LogP contribution in [0.4, 0.5) is 0 Å². The molecule has 2 unspecified atom stereocenters. The van der Waals surface area contributed by atoms with E-state index >= 15 is 0 Å². The highest BCUT2D eigenvalue weighted by atomic mass is 79.9. The lowest BCUT2D eigenvalue weighted by Gasteiger charge is -2.35. The van der Waals surface area contributed by atoms with Gasteiger partial charge in [-0.25, -0.2) is 0 Å². The molecular weight excluding hydrogens is 272 g/mol. The highest BCUT2D eigenvalue weighted by Gasteiger charge is 2.26. The van der Waals surface area contributed by atoms with Crippen LogP contribution < -0.4 is 5.73 Å². The van der Waals surface area contributed by atoms with Crippen molar-refractivity contribution >= 4 is 15.9 Å². The fraction of sp³-hybridized carbons (Fsp3) is 0.636. The Morgan fingerprint density at radius 1 is 1.62 bits per heavy atom. The predicted octanol–water partition coefficient (Wildman–Crippen LogP) is 1.76. The van der Waals surface area contributed by atoms with Crippen molar-refractivity contribution in [3.63, 3.8) is 0 Å². The van der Waals surface area contributed by atoms with Gasteiger partial charge in [0.15, 0.2) is 4.67 Å². The highest BCUT2D eigenvalue weighted by Crippen LogP contribution is 2.25. The summed E-state index contributed by atoms with van der Waals surface area (Å²) in [5.74, 6) is 0.920. The van der Waals surface area contributed by atoms with E-state index < -0.39 is 0 Å². The number of hydrogen-bond acceptors (Lipinski definition) is 4. The van der Waals surface area contributed by atoms with Crippen LogP contribution in [0.2, 0.25) is 0 Å². The predicted molar refractivity (Wildman–Crippen MR) is 65.2 cm³/mol. The Morgan fingerprint density at radius 3 is 3.00 bits per heavy atom. The zero-order valence-corrected chi connectivity index (χ0v) is 10.9. The lowest BCUT2D eigenvalue weighted by molar-refractivity contribution is -0.0362. The molecule has 2 rings (SSSR count). The highest BCUT2D eigenvalue weighted by molar-refractivity contribution is 9.10. The molecule has 1 saturated heterocycles. The molecule has 4 nitrogen and oxygen atoms in total. The number of furan rings is 1. The van der Waals surface area contributed by atoms with Gasteiger partial charge in [0.05, 0.1) is 18.8 Å². The van der Waals surface area contributed by atoms with Crippen LogP contribution in [0.3, 0.4) is 0 Å². The molecule has 1 aromatic heterocycles. The zero-order chi connectivity index (χ0) is 11.5. The summed E-state index contributed by atoms with van der Waals surface area (Å²) in [6.45, 7) is 5.22. The maximum absolute atomic E-state index is 5.83. The number of halogens is 1. The van der Waals surface area contributed by atoms with Gasteiger partial charge in [-0.2, -0.15) is 0 Å². The van der Waals surface area contributed by atoms with E-state index in [1.807, 2.05) is 12.1 Å². The first kappa shape index (κ1) is 12.1. The van der Waals surface area contributed by atoms with Crippen molar-refractivity contribution in [3.05, 3.63) is 22.6 Å². The van der Waals surface area contributed by atoms with E-state index in [0.29, 0.717) is 6.54 Å². The van der Waals surface area contributed by atoms with Crippen LogP contribution in [0.15, 0.2) is 21.2 Å². The summed E-state index contributed by atoms with van der Waals surface area (Å²) < 4.78 is 11.9. The van der Waals surface area contributed by atoms with E-state index in [1.165, 1.54) is 0 Å². The molecule has 2 atom stereocenters. The van der Waals surface area contributed by atoms with Crippen LogP contribution in [0, 0.1) is 0 Å². The number of nitrogens with two attached hydrogens (primary N) is 1. The van der Waals surface area contributed by atoms with Crippen molar-refractivity contribution in [2.45, 2.75) is 19.1 Å². The quantitative estimate of drug-likeness (QED) is 0.921. The molecule has 0 aromatic carbocycles. The number of nitrogens with zero attached hydrogens (tertiary/aromatic N) is 1. The smallest absolute Gasteiger partial charge is 0.169 e. The van der Waals surface area contributed by atoms with Gasteiger partial charge < -0.3 is 14.9 Å². The SMILES string of the molecule is CC1CN(C(CN)c2ccc(Br)o2)CCO1. The molecule has 1 aliphatic heterocycles. The molecule has 1 aromatic rings. The molecule has 0 aliphatic carbocycles. The molecule has 0 radical (unpaired) electrons. The van der Waals surface area contributed by atoms with Crippen molar-refractivity contribution in [3.8, 4) is 0 Å². The molecule has 2 N–H and O–H groups in total. The summed E-state index contributed by atoms with van der Waals surface area (Å²) in [5.41, 5.74) is 5.83. The van der Waals surface area contributed by atoms with Crippen molar-refractivity contribution in [1.82, 2.24) is 4.90 Å². The first-order chi connectivity index (χ1) is 7.70. The van der Waals surface area contributed by atoms with Gasteiger partial charge in [-0.3, -0.25) is 4.90 Å². The second-order valence-electron chi connectivity index (χ2n) is 4.07. The van der Waals surface area contributed by atoms with Crippen LogP contribution in [0.1, 0.15) is 18.7 Å². The Hall–Kier alpha value is -0.360.